The second-order valence-corrected chi connectivity index (χ2v) is 8.05. The number of nitrogens with one attached hydrogen (secondary N) is 1. The minimum absolute atomic E-state index is 0.0582. The zero-order valence-electron chi connectivity index (χ0n) is 18.3. The molecule has 0 radical (unpaired) electrons. The molecule has 5 nitrogen and oxygen atoms in total. The quantitative estimate of drug-likeness (QED) is 0.726. The second kappa shape index (κ2) is 9.59. The first-order valence-corrected chi connectivity index (χ1v) is 10.1. The SMILES string of the molecule is CCN(CC)C(=O)c1ccccc1NC(=O)[C@H](C)Oc1ccc(C(C)(C)C)cc1. The standard InChI is InChI=1S/C24H32N2O3/c1-7-26(8-2)23(28)20-11-9-10-12-21(20)25-22(27)17(3)29-19-15-13-18(14-16-19)24(4,5)6/h9-17H,7-8H2,1-6H3,(H,25,27)/t17-/m0/s1. The Morgan fingerprint density at radius 2 is 1.59 bits per heavy atom. The monoisotopic (exact) mass is 396 g/mol. The summed E-state index contributed by atoms with van der Waals surface area (Å²) < 4.78 is 5.80. The minimum Gasteiger partial charge on any atom is -0.481 e. The molecule has 0 aromatic heterocycles. The molecule has 0 fully saturated rings. The highest BCUT2D eigenvalue weighted by Crippen LogP contribution is 2.25. The summed E-state index contributed by atoms with van der Waals surface area (Å²) in [5.41, 5.74) is 2.23. The summed E-state index contributed by atoms with van der Waals surface area (Å²) in [6.07, 6.45) is -0.702. The highest BCUT2D eigenvalue weighted by Gasteiger charge is 2.21. The lowest BCUT2D eigenvalue weighted by molar-refractivity contribution is -0.122. The lowest BCUT2D eigenvalue weighted by atomic mass is 9.87. The number of rotatable bonds is 7. The molecule has 2 rings (SSSR count). The molecule has 0 aliphatic carbocycles. The molecule has 0 saturated heterocycles. The Kier molecular flexibility index (Phi) is 7.43. The Balaban J connectivity index is 2.09. The van der Waals surface area contributed by atoms with Crippen LogP contribution in [0, 0.1) is 0 Å². The van der Waals surface area contributed by atoms with Gasteiger partial charge in [0.25, 0.3) is 11.8 Å². The van der Waals surface area contributed by atoms with Crippen molar-refractivity contribution in [3.8, 4) is 5.75 Å². The third kappa shape index (κ3) is 5.83. The maximum absolute atomic E-state index is 12.7. The Morgan fingerprint density at radius 1 is 1.00 bits per heavy atom. The summed E-state index contributed by atoms with van der Waals surface area (Å²) in [5, 5.41) is 2.84. The highest BCUT2D eigenvalue weighted by molar-refractivity contribution is 6.04. The van der Waals surface area contributed by atoms with Gasteiger partial charge < -0.3 is 15.0 Å². The normalized spacial score (nSPS) is 12.2. The Labute approximate surface area is 174 Å². The maximum Gasteiger partial charge on any atom is 0.265 e. The van der Waals surface area contributed by atoms with Crippen LogP contribution in [0.3, 0.4) is 0 Å². The van der Waals surface area contributed by atoms with Gasteiger partial charge in [0.2, 0.25) is 0 Å². The van der Waals surface area contributed by atoms with E-state index in [-0.39, 0.29) is 17.2 Å². The predicted octanol–water partition coefficient (Wildman–Crippen LogP) is 4.87. The van der Waals surface area contributed by atoms with Crippen molar-refractivity contribution >= 4 is 17.5 Å². The predicted molar refractivity (Wildman–Crippen MR) is 118 cm³/mol. The maximum atomic E-state index is 12.7. The van der Waals surface area contributed by atoms with Crippen LogP contribution in [0.25, 0.3) is 0 Å². The van der Waals surface area contributed by atoms with E-state index in [0.717, 1.165) is 0 Å². The smallest absolute Gasteiger partial charge is 0.265 e. The molecule has 1 N–H and O–H groups in total. The Hall–Kier alpha value is -2.82. The molecule has 0 bridgehead atoms. The van der Waals surface area contributed by atoms with Crippen molar-refractivity contribution in [2.45, 2.75) is 53.1 Å². The molecule has 0 spiro atoms. The zero-order chi connectivity index (χ0) is 21.6. The number of hydrogen-bond acceptors (Lipinski definition) is 3. The fourth-order valence-corrected chi connectivity index (χ4v) is 2.99. The van der Waals surface area contributed by atoms with Crippen LogP contribution in [0.1, 0.15) is 57.5 Å². The van der Waals surface area contributed by atoms with Gasteiger partial charge in [-0.3, -0.25) is 9.59 Å². The summed E-state index contributed by atoms with van der Waals surface area (Å²) >= 11 is 0. The van der Waals surface area contributed by atoms with Crippen molar-refractivity contribution in [3.05, 3.63) is 59.7 Å². The van der Waals surface area contributed by atoms with E-state index in [1.54, 1.807) is 36.1 Å². The van der Waals surface area contributed by atoms with Crippen LogP contribution in [-0.2, 0) is 10.2 Å². The second-order valence-electron chi connectivity index (χ2n) is 8.05. The average Bonchev–Trinajstić information content (AvgIpc) is 2.69. The molecule has 29 heavy (non-hydrogen) atoms. The first-order chi connectivity index (χ1) is 13.7. The van der Waals surface area contributed by atoms with Crippen LogP contribution in [0.4, 0.5) is 5.69 Å². The van der Waals surface area contributed by atoms with Gasteiger partial charge in [0, 0.05) is 13.1 Å². The number of carbonyl (C=O) groups is 2. The number of ether oxygens (including phenoxy) is 1. The number of anilines is 1. The molecule has 1 atom stereocenters. The van der Waals surface area contributed by atoms with Crippen molar-refractivity contribution < 1.29 is 14.3 Å². The molecule has 0 heterocycles. The number of amides is 2. The third-order valence-electron chi connectivity index (χ3n) is 4.87. The van der Waals surface area contributed by atoms with Crippen molar-refractivity contribution in [2.24, 2.45) is 0 Å². The van der Waals surface area contributed by atoms with E-state index in [2.05, 4.69) is 26.1 Å². The van der Waals surface area contributed by atoms with E-state index >= 15 is 0 Å². The summed E-state index contributed by atoms with van der Waals surface area (Å²) in [6.45, 7) is 13.2. The van der Waals surface area contributed by atoms with Gasteiger partial charge >= 0.3 is 0 Å². The van der Waals surface area contributed by atoms with Crippen molar-refractivity contribution in [2.75, 3.05) is 18.4 Å². The van der Waals surface area contributed by atoms with Gasteiger partial charge in [-0.1, -0.05) is 45.0 Å². The molecule has 156 valence electrons. The van der Waals surface area contributed by atoms with Crippen LogP contribution >= 0.6 is 0 Å². The summed E-state index contributed by atoms with van der Waals surface area (Å²) in [7, 11) is 0. The first kappa shape index (κ1) is 22.5. The number of hydrogen-bond donors (Lipinski definition) is 1. The Bertz CT molecular complexity index is 834. The molecule has 5 heteroatoms. The average molecular weight is 397 g/mol. The third-order valence-corrected chi connectivity index (χ3v) is 4.87. The van der Waals surface area contributed by atoms with Gasteiger partial charge in [0.15, 0.2) is 6.10 Å². The van der Waals surface area contributed by atoms with E-state index < -0.39 is 6.10 Å². The van der Waals surface area contributed by atoms with Crippen molar-refractivity contribution in [3.63, 3.8) is 0 Å². The summed E-state index contributed by atoms with van der Waals surface area (Å²) in [6, 6.07) is 14.8. The fourth-order valence-electron chi connectivity index (χ4n) is 2.99. The van der Waals surface area contributed by atoms with E-state index in [1.807, 2.05) is 38.1 Å². The van der Waals surface area contributed by atoms with Crippen molar-refractivity contribution in [1.29, 1.82) is 0 Å². The molecule has 2 aromatic carbocycles. The lowest BCUT2D eigenvalue weighted by Gasteiger charge is -2.22. The number of nitrogens with zero attached hydrogens (tertiary/aromatic N) is 1. The van der Waals surface area contributed by atoms with Crippen LogP contribution in [0.5, 0.6) is 5.75 Å². The van der Waals surface area contributed by atoms with E-state index in [4.69, 9.17) is 4.74 Å². The fraction of sp³-hybridized carbons (Fsp3) is 0.417. The number of carbonyl (C=O) groups excluding carboxylic acids is 2. The molecule has 0 aliphatic rings. The van der Waals surface area contributed by atoms with Crippen LogP contribution in [-0.4, -0.2) is 35.9 Å². The molecular weight excluding hydrogens is 364 g/mol. The van der Waals surface area contributed by atoms with Crippen LogP contribution < -0.4 is 10.1 Å². The summed E-state index contributed by atoms with van der Waals surface area (Å²) in [5.74, 6) is 0.232. The number of benzene rings is 2. The van der Waals surface area contributed by atoms with Gasteiger partial charge in [-0.15, -0.1) is 0 Å². The van der Waals surface area contributed by atoms with Gasteiger partial charge in [-0.25, -0.2) is 0 Å². The molecule has 0 saturated carbocycles. The van der Waals surface area contributed by atoms with Crippen LogP contribution in [0.2, 0.25) is 0 Å². The zero-order valence-corrected chi connectivity index (χ0v) is 18.3. The minimum atomic E-state index is -0.702. The largest absolute Gasteiger partial charge is 0.481 e. The van der Waals surface area contributed by atoms with Crippen LogP contribution in [0.15, 0.2) is 48.5 Å². The van der Waals surface area contributed by atoms with Gasteiger partial charge in [0.1, 0.15) is 5.75 Å². The lowest BCUT2D eigenvalue weighted by Crippen LogP contribution is -2.33. The Morgan fingerprint density at radius 3 is 2.14 bits per heavy atom. The van der Waals surface area contributed by atoms with E-state index in [9.17, 15) is 9.59 Å². The molecule has 0 unspecified atom stereocenters. The molecule has 2 aromatic rings. The topological polar surface area (TPSA) is 58.6 Å². The number of para-hydroxylation sites is 1. The van der Waals surface area contributed by atoms with Gasteiger partial charge in [-0.2, -0.15) is 0 Å². The molecule has 2 amide bonds. The van der Waals surface area contributed by atoms with Crippen molar-refractivity contribution in [1.82, 2.24) is 4.90 Å². The molecule has 0 aliphatic heterocycles. The first-order valence-electron chi connectivity index (χ1n) is 10.1. The van der Waals surface area contributed by atoms with Gasteiger partial charge in [-0.05, 0) is 56.0 Å². The highest BCUT2D eigenvalue weighted by atomic mass is 16.5. The van der Waals surface area contributed by atoms with E-state index in [1.165, 1.54) is 5.56 Å². The van der Waals surface area contributed by atoms with Gasteiger partial charge in [0.05, 0.1) is 11.3 Å². The molecular formula is C24H32N2O3. The van der Waals surface area contributed by atoms with E-state index in [0.29, 0.717) is 30.1 Å². The summed E-state index contributed by atoms with van der Waals surface area (Å²) in [4.78, 5) is 27.1.